The van der Waals surface area contributed by atoms with E-state index in [0.29, 0.717) is 11.3 Å². The summed E-state index contributed by atoms with van der Waals surface area (Å²) in [6.07, 6.45) is 5.48. The van der Waals surface area contributed by atoms with E-state index < -0.39 is 6.10 Å². The van der Waals surface area contributed by atoms with Crippen LogP contribution >= 0.6 is 0 Å². The van der Waals surface area contributed by atoms with E-state index in [-0.39, 0.29) is 23.5 Å². The Labute approximate surface area is 213 Å². The van der Waals surface area contributed by atoms with E-state index in [9.17, 15) is 5.11 Å². The first kappa shape index (κ1) is 26.4. The minimum atomic E-state index is -0.688. The molecule has 35 heavy (non-hydrogen) atoms. The zero-order chi connectivity index (χ0) is 25.7. The van der Waals surface area contributed by atoms with Crippen molar-refractivity contribution in [2.75, 3.05) is 0 Å². The Morgan fingerprint density at radius 2 is 1.57 bits per heavy atom. The number of aromatic nitrogens is 1. The summed E-state index contributed by atoms with van der Waals surface area (Å²) in [7, 11) is 0. The molecule has 1 N–H and O–H groups in total. The van der Waals surface area contributed by atoms with Crippen LogP contribution in [0.5, 0.6) is 0 Å². The van der Waals surface area contributed by atoms with Crippen LogP contribution in [0, 0.1) is 17.8 Å². The Balaban J connectivity index is 1.82. The summed E-state index contributed by atoms with van der Waals surface area (Å²) in [6, 6.07) is 8.47. The van der Waals surface area contributed by atoms with Gasteiger partial charge in [-0.1, -0.05) is 79.2 Å². The van der Waals surface area contributed by atoms with Crippen LogP contribution in [0.25, 0.3) is 0 Å². The fourth-order valence-electron chi connectivity index (χ4n) is 5.94. The molecule has 2 aliphatic rings. The fraction of sp³-hybridized carbons (Fsp3) is 0.656. The largest absolute Gasteiger partial charge is 0.384 e. The highest BCUT2D eigenvalue weighted by Gasteiger charge is 2.46. The second-order valence-corrected chi connectivity index (χ2v) is 13.1. The molecule has 3 heteroatoms. The number of ether oxygens (including phenoxy) is 1. The number of benzene rings is 1. The van der Waals surface area contributed by atoms with Crippen molar-refractivity contribution in [2.24, 2.45) is 10.8 Å². The van der Waals surface area contributed by atoms with Gasteiger partial charge in [0.2, 0.25) is 0 Å². The predicted octanol–water partition coefficient (Wildman–Crippen LogP) is 8.33. The third-order valence-electron chi connectivity index (χ3n) is 8.87. The molecule has 1 fully saturated rings. The lowest BCUT2D eigenvalue weighted by Gasteiger charge is -2.49. The zero-order valence-corrected chi connectivity index (χ0v) is 23.5. The molecule has 0 bridgehead atoms. The molecule has 1 spiro atoms. The molecular formula is C32H47NO2. The fourth-order valence-corrected chi connectivity index (χ4v) is 5.94. The van der Waals surface area contributed by atoms with Gasteiger partial charge in [0, 0.05) is 22.5 Å². The smallest absolute Gasteiger partial charge is 0.106 e. The van der Waals surface area contributed by atoms with Crippen LogP contribution in [-0.4, -0.2) is 16.2 Å². The lowest BCUT2D eigenvalue weighted by Crippen LogP contribution is -2.41. The van der Waals surface area contributed by atoms with E-state index in [4.69, 9.17) is 9.72 Å². The molecule has 2 aliphatic carbocycles. The number of hydrogen-bond acceptors (Lipinski definition) is 3. The Bertz CT molecular complexity index is 1040. The first-order valence-corrected chi connectivity index (χ1v) is 13.8. The molecule has 1 saturated carbocycles. The van der Waals surface area contributed by atoms with E-state index >= 15 is 0 Å². The number of fused-ring (bicyclic) bond motifs is 1. The van der Waals surface area contributed by atoms with Crippen molar-refractivity contribution < 1.29 is 9.84 Å². The minimum Gasteiger partial charge on any atom is -0.384 e. The second kappa shape index (κ2) is 9.63. The standard InChI is InChI=1S/C32H47NO2/c1-19(2)23-11-13-24(14-12-23)30(34)28-21(5)27-25(33-29(28)20(3)4)17-32(15-10-16-32)18-26(27)35-22(6)31(7,8)9/h11-14,19-20,22,26,30,34H,10,15-18H2,1-9H3/t22?,26?,30-/m0/s1. The normalized spacial score (nSPS) is 21.2. The van der Waals surface area contributed by atoms with Gasteiger partial charge in [-0.3, -0.25) is 4.98 Å². The van der Waals surface area contributed by atoms with Crippen LogP contribution in [0.1, 0.15) is 144 Å². The molecule has 1 aromatic carbocycles. The molecule has 1 heterocycles. The van der Waals surface area contributed by atoms with Crippen molar-refractivity contribution in [2.45, 2.75) is 125 Å². The monoisotopic (exact) mass is 477 g/mol. The van der Waals surface area contributed by atoms with Crippen molar-refractivity contribution >= 4 is 0 Å². The van der Waals surface area contributed by atoms with Crippen LogP contribution in [-0.2, 0) is 11.2 Å². The van der Waals surface area contributed by atoms with Gasteiger partial charge in [-0.2, -0.15) is 0 Å². The highest BCUT2D eigenvalue weighted by Crippen LogP contribution is 2.56. The Morgan fingerprint density at radius 1 is 0.971 bits per heavy atom. The average molecular weight is 478 g/mol. The topological polar surface area (TPSA) is 42.4 Å². The minimum absolute atomic E-state index is 0.0382. The van der Waals surface area contributed by atoms with Crippen molar-refractivity contribution in [3.63, 3.8) is 0 Å². The van der Waals surface area contributed by atoms with Crippen LogP contribution < -0.4 is 0 Å². The highest BCUT2D eigenvalue weighted by atomic mass is 16.5. The molecule has 192 valence electrons. The van der Waals surface area contributed by atoms with Gasteiger partial charge in [-0.25, -0.2) is 0 Å². The second-order valence-electron chi connectivity index (χ2n) is 13.1. The Hall–Kier alpha value is -1.71. The highest BCUT2D eigenvalue weighted by molar-refractivity contribution is 5.48. The summed E-state index contributed by atoms with van der Waals surface area (Å²) in [5, 5.41) is 11.7. The molecule has 1 aromatic heterocycles. The maximum atomic E-state index is 11.7. The van der Waals surface area contributed by atoms with Gasteiger partial charge in [0.15, 0.2) is 0 Å². The third-order valence-corrected chi connectivity index (χ3v) is 8.87. The molecule has 0 aliphatic heterocycles. The van der Waals surface area contributed by atoms with Crippen molar-refractivity contribution in [3.8, 4) is 0 Å². The lowest BCUT2D eigenvalue weighted by molar-refractivity contribution is -0.0930. The van der Waals surface area contributed by atoms with Gasteiger partial charge in [0.1, 0.15) is 6.10 Å². The summed E-state index contributed by atoms with van der Waals surface area (Å²) >= 11 is 0. The zero-order valence-electron chi connectivity index (χ0n) is 23.5. The maximum Gasteiger partial charge on any atom is 0.106 e. The van der Waals surface area contributed by atoms with Crippen molar-refractivity contribution in [3.05, 3.63) is 63.5 Å². The Morgan fingerprint density at radius 3 is 2.06 bits per heavy atom. The number of aliphatic hydroxyl groups is 1. The van der Waals surface area contributed by atoms with Gasteiger partial charge in [0.05, 0.1) is 12.2 Å². The van der Waals surface area contributed by atoms with Crippen LogP contribution in [0.3, 0.4) is 0 Å². The van der Waals surface area contributed by atoms with Crippen molar-refractivity contribution in [1.82, 2.24) is 4.98 Å². The number of hydrogen-bond donors (Lipinski definition) is 1. The van der Waals surface area contributed by atoms with E-state index in [1.54, 1.807) is 0 Å². The lowest BCUT2D eigenvalue weighted by atomic mass is 9.59. The molecule has 3 nitrogen and oxygen atoms in total. The summed E-state index contributed by atoms with van der Waals surface area (Å²) in [5.41, 5.74) is 8.32. The van der Waals surface area contributed by atoms with E-state index in [1.807, 2.05) is 0 Å². The van der Waals surface area contributed by atoms with Gasteiger partial charge in [0.25, 0.3) is 0 Å². The van der Waals surface area contributed by atoms with E-state index in [1.165, 1.54) is 41.6 Å². The quantitative estimate of drug-likeness (QED) is 0.455. The van der Waals surface area contributed by atoms with Crippen LogP contribution in [0.15, 0.2) is 24.3 Å². The molecule has 3 atom stereocenters. The molecule has 0 radical (unpaired) electrons. The predicted molar refractivity (Wildman–Crippen MR) is 145 cm³/mol. The number of aliphatic hydroxyl groups excluding tert-OH is 1. The number of nitrogens with zero attached hydrogens (tertiary/aromatic N) is 1. The maximum absolute atomic E-state index is 11.7. The molecule has 4 rings (SSSR count). The summed E-state index contributed by atoms with van der Waals surface area (Å²) in [6.45, 7) is 20.0. The van der Waals surface area contributed by atoms with E-state index in [2.05, 4.69) is 86.6 Å². The first-order chi connectivity index (χ1) is 16.3. The van der Waals surface area contributed by atoms with Gasteiger partial charge in [-0.15, -0.1) is 0 Å². The summed E-state index contributed by atoms with van der Waals surface area (Å²) < 4.78 is 6.86. The number of pyridine rings is 1. The Kier molecular flexibility index (Phi) is 7.25. The summed E-state index contributed by atoms with van der Waals surface area (Å²) in [5.74, 6) is 0.715. The molecule has 2 unspecified atom stereocenters. The molecular weight excluding hydrogens is 430 g/mol. The first-order valence-electron chi connectivity index (χ1n) is 13.8. The summed E-state index contributed by atoms with van der Waals surface area (Å²) in [4.78, 5) is 5.32. The van der Waals surface area contributed by atoms with Gasteiger partial charge < -0.3 is 9.84 Å². The van der Waals surface area contributed by atoms with Gasteiger partial charge in [-0.05, 0) is 78.9 Å². The molecule has 2 aromatic rings. The number of rotatable bonds is 6. The molecule has 0 saturated heterocycles. The average Bonchev–Trinajstić information content (AvgIpc) is 2.76. The van der Waals surface area contributed by atoms with Gasteiger partial charge >= 0.3 is 0 Å². The molecule has 0 amide bonds. The third kappa shape index (κ3) is 5.09. The van der Waals surface area contributed by atoms with Crippen LogP contribution in [0.4, 0.5) is 0 Å². The van der Waals surface area contributed by atoms with E-state index in [0.717, 1.165) is 29.7 Å². The SMILES string of the molecule is Cc1c2c(nc(C(C)C)c1[C@@H](O)c1ccc(C(C)C)cc1)CC1(CCC1)CC2OC(C)C(C)(C)C. The van der Waals surface area contributed by atoms with Crippen molar-refractivity contribution in [1.29, 1.82) is 0 Å². The van der Waals surface area contributed by atoms with Crippen LogP contribution in [0.2, 0.25) is 0 Å².